The van der Waals surface area contributed by atoms with E-state index in [9.17, 15) is 36.5 Å². The van der Waals surface area contributed by atoms with Crippen LogP contribution in [0.25, 0.3) is 142 Å². The van der Waals surface area contributed by atoms with Crippen molar-refractivity contribution in [3.8, 4) is 34.5 Å². The second kappa shape index (κ2) is 15.5. The molecule has 5 aromatic heterocycles. The first kappa shape index (κ1) is 24.2. The summed E-state index contributed by atoms with van der Waals surface area (Å²) < 4.78 is 235. The van der Waals surface area contributed by atoms with Gasteiger partial charge in [0.2, 0.25) is 5.69 Å². The molecule has 0 aliphatic rings. The maximum atomic E-state index is 12.9. The fourth-order valence-corrected chi connectivity index (χ4v) is 11.3. The number of nitrogens with zero attached hydrogens (tertiary/aromatic N) is 7. The molecule has 16 aromatic rings. The highest BCUT2D eigenvalue weighted by Gasteiger charge is 2.35. The van der Waals surface area contributed by atoms with Crippen LogP contribution in [0.2, 0.25) is 0 Å². The zero-order valence-electron chi connectivity index (χ0n) is 62.3. The Balaban J connectivity index is 1.33. The molecule has 0 aliphatic heterocycles. The first-order valence-electron chi connectivity index (χ1n) is 35.3. The molecule has 0 bridgehead atoms. The van der Waals surface area contributed by atoms with Crippen LogP contribution in [-0.4, -0.2) is 22.8 Å². The molecule has 0 N–H and O–H groups in total. The fraction of sp³-hybridized carbons (Fsp3) is 0. The summed E-state index contributed by atoms with van der Waals surface area (Å²) in [5, 5.41) is 11.6. The maximum Gasteiger partial charge on any atom is 0.237 e. The summed E-state index contributed by atoms with van der Waals surface area (Å²) in [6.45, 7) is 9.90. The quantitative estimate of drug-likeness (QED) is 0.159. The number of rotatable bonds is 5. The highest BCUT2D eigenvalue weighted by molar-refractivity contribution is 6.29. The van der Waals surface area contributed by atoms with Crippen molar-refractivity contribution in [1.82, 2.24) is 22.8 Å². The van der Waals surface area contributed by atoms with E-state index < -0.39 is 244 Å². The Morgan fingerprint density at radius 1 is 0.333 bits per heavy atom. The second-order valence-electron chi connectivity index (χ2n) is 17.6. The molecule has 7 heteroatoms. The van der Waals surface area contributed by atoms with Crippen molar-refractivity contribution in [3.05, 3.63) is 253 Å². The van der Waals surface area contributed by atoms with Crippen LogP contribution in [0.5, 0.6) is 0 Å². The molecule has 75 heavy (non-hydrogen) atoms. The molecule has 0 saturated carbocycles. The van der Waals surface area contributed by atoms with Gasteiger partial charge in [-0.3, -0.25) is 0 Å². The summed E-state index contributed by atoms with van der Waals surface area (Å²) in [6.07, 6.45) is 0. The largest absolute Gasteiger partial charge is 0.317 e. The van der Waals surface area contributed by atoms with Gasteiger partial charge >= 0.3 is 0 Å². The van der Waals surface area contributed by atoms with Gasteiger partial charge in [-0.25, -0.2) is 4.85 Å². The molecule has 5 heterocycles. The van der Waals surface area contributed by atoms with Gasteiger partial charge in [0, 0.05) is 59.5 Å². The molecule has 11 aromatic carbocycles. The monoisotopic (exact) mass is 977 g/mol. The van der Waals surface area contributed by atoms with E-state index in [1.54, 1.807) is 36.4 Å². The Bertz CT molecular complexity index is 6250. The van der Waals surface area contributed by atoms with E-state index in [0.717, 1.165) is 30.3 Å². The first-order chi connectivity index (χ1) is 47.2. The minimum atomic E-state index is -0.999. The van der Waals surface area contributed by atoms with E-state index in [-0.39, 0.29) is 11.0 Å². The predicted octanol–water partition coefficient (Wildman–Crippen LogP) is 17.6. The third kappa shape index (κ3) is 5.40. The van der Waals surface area contributed by atoms with Crippen LogP contribution in [0.4, 0.5) is 5.69 Å². The van der Waals surface area contributed by atoms with Crippen LogP contribution < -0.4 is 0 Å². The molecule has 0 amide bonds. The van der Waals surface area contributed by atoms with Gasteiger partial charge in [0.05, 0.1) is 123 Å². The topological polar surface area (TPSA) is 52.8 Å². The molecule has 0 aliphatic carbocycles. The van der Waals surface area contributed by atoms with E-state index in [0.29, 0.717) is 21.7 Å². The minimum Gasteiger partial charge on any atom is -0.317 e. The molecule has 7 nitrogen and oxygen atoms in total. The number of nitriles is 1. The van der Waals surface area contributed by atoms with Crippen molar-refractivity contribution in [3.63, 3.8) is 0 Å². The Hall–Kier alpha value is -10.6. The van der Waals surface area contributed by atoms with E-state index in [1.165, 1.54) is 4.57 Å². The van der Waals surface area contributed by atoms with Crippen molar-refractivity contribution < 1.29 is 32.9 Å². The van der Waals surface area contributed by atoms with Crippen molar-refractivity contribution in [2.45, 2.75) is 0 Å². The predicted molar refractivity (Wildman–Crippen MR) is 309 cm³/mol. The highest BCUT2D eigenvalue weighted by Crippen LogP contribution is 2.52. The Kier molecular flexibility index (Phi) is 4.99. The van der Waals surface area contributed by atoms with Crippen molar-refractivity contribution in [2.24, 2.45) is 0 Å². The fourth-order valence-electron chi connectivity index (χ4n) is 11.3. The first-order valence-corrected chi connectivity index (χ1v) is 23.3. The van der Waals surface area contributed by atoms with Crippen LogP contribution in [0.15, 0.2) is 236 Å². The summed E-state index contributed by atoms with van der Waals surface area (Å²) in [6, 6.07) is 7.06. The van der Waals surface area contributed by atoms with Crippen molar-refractivity contribution in [1.29, 1.82) is 5.26 Å². The van der Waals surface area contributed by atoms with Gasteiger partial charge in [-0.1, -0.05) is 163 Å². The van der Waals surface area contributed by atoms with Gasteiger partial charge < -0.3 is 22.8 Å². The molecule has 0 unspecified atom stereocenters. The van der Waals surface area contributed by atoms with Crippen LogP contribution >= 0.6 is 0 Å². The zero-order valence-corrected chi connectivity index (χ0v) is 38.3. The smallest absolute Gasteiger partial charge is 0.237 e. The second-order valence-corrected chi connectivity index (χ2v) is 17.6. The van der Waals surface area contributed by atoms with E-state index in [2.05, 4.69) is 10.9 Å². The summed E-state index contributed by atoms with van der Waals surface area (Å²) in [5.74, 6) is 0. The zero-order chi connectivity index (χ0) is 70.4. The summed E-state index contributed by atoms with van der Waals surface area (Å²) in [7, 11) is 0. The summed E-state index contributed by atoms with van der Waals surface area (Å²) in [4.78, 5) is 4.30. The van der Waals surface area contributed by atoms with Gasteiger partial charge in [0.25, 0.3) is 0 Å². The van der Waals surface area contributed by atoms with E-state index >= 15 is 0 Å². The lowest BCUT2D eigenvalue weighted by atomic mass is 10.0. The minimum absolute atomic E-state index is 0.222. The summed E-state index contributed by atoms with van der Waals surface area (Å²) in [5.41, 5.74) is -6.35. The highest BCUT2D eigenvalue weighted by atomic mass is 15.1. The molecule has 346 valence electrons. The average molecular weight is 978 g/mol. The Morgan fingerprint density at radius 2 is 0.680 bits per heavy atom. The van der Waals surface area contributed by atoms with Gasteiger partial charge in [-0.2, -0.15) is 5.26 Å². The normalized spacial score (nSPS) is 16.5. The molecule has 16 rings (SSSR count). The van der Waals surface area contributed by atoms with Crippen LogP contribution in [0, 0.1) is 17.9 Å². The third-order valence-electron chi connectivity index (χ3n) is 14.1. The van der Waals surface area contributed by atoms with Crippen molar-refractivity contribution in [2.75, 3.05) is 0 Å². The molecular formula is C68H39N7. The third-order valence-corrected chi connectivity index (χ3v) is 14.1. The lowest BCUT2D eigenvalue weighted by Gasteiger charge is -2.27. The molecule has 0 fully saturated rings. The maximum absolute atomic E-state index is 12.9. The number of hydrogen-bond acceptors (Lipinski definition) is 1. The van der Waals surface area contributed by atoms with Crippen LogP contribution in [-0.2, 0) is 0 Å². The molecule has 0 saturated heterocycles. The molecule has 0 radical (unpaired) electrons. The van der Waals surface area contributed by atoms with Crippen molar-refractivity contribution >= 4 is 115 Å². The number of aromatic nitrogens is 5. The average Bonchev–Trinajstić information content (AvgIpc) is 1.53. The number of para-hydroxylation sites is 9. The number of fused-ring (bicyclic) bond motifs is 16. The van der Waals surface area contributed by atoms with Gasteiger partial charge in [0.1, 0.15) is 6.07 Å². The van der Waals surface area contributed by atoms with Gasteiger partial charge in [0.15, 0.2) is 0 Å². The van der Waals surface area contributed by atoms with E-state index in [1.807, 2.05) is 59.2 Å². The lowest BCUT2D eigenvalue weighted by molar-refractivity contribution is 1.03. The lowest BCUT2D eigenvalue weighted by Crippen LogP contribution is -2.14. The Morgan fingerprint density at radius 3 is 1.11 bits per heavy atom. The van der Waals surface area contributed by atoms with Gasteiger partial charge in [-0.15, -0.1) is 0 Å². The Labute approximate surface area is 462 Å². The number of benzene rings is 11. The molecular weight excluding hydrogens is 915 g/mol. The number of hydrogen-bond donors (Lipinski definition) is 0. The standard InChI is InChI=1S/C68H39N7/c1-70-64-65(75-59-38-20-12-30-50(59)63-61(75)40-39-60-62(63)49-29-11-19-37-58(49)71(60)42-21-3-2-4-22-42)51(41-69)66(72-52-31-13-5-23-43(52)44-24-6-14-32-53(44)72)68(74-56-35-17-9-27-47(56)48-28-10-18-36-57(48)74)67(64)73-54-33-15-7-25-45(54)46-26-8-16-34-55(46)73/h2-40H/i5D,6D,7D,8D,9D,10D,13D,14D,15D,16D,17D,18D,23D,24D,25D,26D,27D,28D,31D,32D,33D,34D,35D,36D. The van der Waals surface area contributed by atoms with Crippen LogP contribution in [0.3, 0.4) is 0 Å². The SMILES string of the molecule is [2H]c1c([2H])c([2H])c2c(c1[2H])c1c([2H])c([2H])c([2H])c([2H])c1n2-c1c(C#N)c(-n2c3ccccc3c3c4c5ccccc5n(-c5ccccc5)c4ccc32)c([N+]#[C-])c(-n2c3c([2H])c([2H])c([2H])c([2H])c3c3c([2H])c([2H])c([2H])c([2H])c32)c1-n1c2c([2H])c([2H])c([2H])c([2H])c2c2c([2H])c([2H])c([2H])c([2H])c21. The molecule has 0 atom stereocenters. The molecule has 0 spiro atoms. The summed E-state index contributed by atoms with van der Waals surface area (Å²) >= 11 is 0. The van der Waals surface area contributed by atoms with E-state index in [4.69, 9.17) is 8.22 Å². The van der Waals surface area contributed by atoms with Gasteiger partial charge in [-0.05, 0) is 72.7 Å². The van der Waals surface area contributed by atoms with Crippen LogP contribution in [0.1, 0.15) is 38.5 Å².